The van der Waals surface area contributed by atoms with Crippen molar-refractivity contribution in [2.75, 3.05) is 0 Å². The fourth-order valence-electron chi connectivity index (χ4n) is 2.24. The number of fused-ring (bicyclic) bond motifs is 1. The molecule has 1 N–H and O–H groups in total. The maximum absolute atomic E-state index is 11.1. The summed E-state index contributed by atoms with van der Waals surface area (Å²) in [5.41, 5.74) is 2.42. The van der Waals surface area contributed by atoms with E-state index in [1.807, 2.05) is 37.4 Å². The lowest BCUT2D eigenvalue weighted by Gasteiger charge is -2.04. The predicted octanol–water partition coefficient (Wildman–Crippen LogP) is 2.00. The first kappa shape index (κ1) is 12.4. The maximum Gasteiger partial charge on any atom is 0.323 e. The molecule has 20 heavy (non-hydrogen) atoms. The Morgan fingerprint density at radius 1 is 1.35 bits per heavy atom. The number of aryl methyl sites for hydroxylation is 1. The number of imidazole rings is 1. The van der Waals surface area contributed by atoms with Gasteiger partial charge in [-0.2, -0.15) is 5.10 Å². The number of hydrogen-bond donors (Lipinski definition) is 1. The molecule has 0 bridgehead atoms. The minimum atomic E-state index is -0.891. The first-order chi connectivity index (χ1) is 9.69. The predicted molar refractivity (Wildman–Crippen MR) is 74.3 cm³/mol. The Morgan fingerprint density at radius 2 is 2.15 bits per heavy atom. The summed E-state index contributed by atoms with van der Waals surface area (Å²) in [4.78, 5) is 15.6. The van der Waals surface area contributed by atoms with Crippen LogP contribution in [-0.4, -0.2) is 30.4 Å². The summed E-state index contributed by atoms with van der Waals surface area (Å²) >= 11 is 0. The molecule has 0 saturated heterocycles. The van der Waals surface area contributed by atoms with Gasteiger partial charge in [-0.15, -0.1) is 0 Å². The van der Waals surface area contributed by atoms with Crippen molar-refractivity contribution >= 4 is 17.0 Å². The molecule has 3 aromatic rings. The van der Waals surface area contributed by atoms with Crippen LogP contribution in [0, 0.1) is 0 Å². The summed E-state index contributed by atoms with van der Waals surface area (Å²) in [7, 11) is 0. The molecule has 0 fully saturated rings. The van der Waals surface area contributed by atoms with E-state index in [1.54, 1.807) is 15.4 Å². The van der Waals surface area contributed by atoms with Crippen LogP contribution in [0.25, 0.3) is 22.4 Å². The maximum atomic E-state index is 11.1. The van der Waals surface area contributed by atoms with Crippen molar-refractivity contribution in [1.82, 2.24) is 19.3 Å². The van der Waals surface area contributed by atoms with Crippen LogP contribution in [0.3, 0.4) is 0 Å². The van der Waals surface area contributed by atoms with Gasteiger partial charge < -0.3 is 9.67 Å². The number of carboxylic acids is 1. The van der Waals surface area contributed by atoms with Gasteiger partial charge in [0.05, 0.1) is 22.8 Å². The average molecular weight is 270 g/mol. The summed E-state index contributed by atoms with van der Waals surface area (Å²) in [6.07, 6.45) is 3.59. The quantitative estimate of drug-likeness (QED) is 0.787. The van der Waals surface area contributed by atoms with Crippen LogP contribution in [0.4, 0.5) is 0 Å². The van der Waals surface area contributed by atoms with E-state index in [9.17, 15) is 4.79 Å². The Hall–Kier alpha value is -2.63. The zero-order chi connectivity index (χ0) is 14.1. The summed E-state index contributed by atoms with van der Waals surface area (Å²) < 4.78 is 3.49. The molecule has 0 amide bonds. The van der Waals surface area contributed by atoms with Gasteiger partial charge in [0.25, 0.3) is 0 Å². The Morgan fingerprint density at radius 3 is 2.85 bits per heavy atom. The number of rotatable bonds is 4. The molecular weight excluding hydrogens is 256 g/mol. The summed E-state index contributed by atoms with van der Waals surface area (Å²) in [6, 6.07) is 7.52. The van der Waals surface area contributed by atoms with Crippen molar-refractivity contribution in [3.63, 3.8) is 0 Å². The number of nitrogens with zero attached hydrogens (tertiary/aromatic N) is 4. The Labute approximate surface area is 115 Å². The van der Waals surface area contributed by atoms with Crippen LogP contribution < -0.4 is 0 Å². The summed E-state index contributed by atoms with van der Waals surface area (Å²) in [5, 5.41) is 13.3. The molecule has 0 aliphatic heterocycles. The number of aliphatic carboxylic acids is 1. The molecule has 0 aliphatic carbocycles. The number of benzene rings is 1. The van der Waals surface area contributed by atoms with Gasteiger partial charge in [0, 0.05) is 12.7 Å². The molecule has 3 rings (SSSR count). The molecule has 1 aromatic carbocycles. The van der Waals surface area contributed by atoms with E-state index in [4.69, 9.17) is 5.11 Å². The molecule has 0 unspecified atom stereocenters. The van der Waals surface area contributed by atoms with E-state index in [-0.39, 0.29) is 6.54 Å². The number of para-hydroxylation sites is 2. The van der Waals surface area contributed by atoms with Crippen LogP contribution in [0.2, 0.25) is 0 Å². The smallest absolute Gasteiger partial charge is 0.323 e. The minimum Gasteiger partial charge on any atom is -0.480 e. The number of carbonyl (C=O) groups is 1. The zero-order valence-electron chi connectivity index (χ0n) is 11.0. The second kappa shape index (κ2) is 4.80. The lowest BCUT2D eigenvalue weighted by atomic mass is 10.3. The molecular formula is C14H14N4O2. The van der Waals surface area contributed by atoms with Gasteiger partial charge in [-0.25, -0.2) is 4.98 Å². The lowest BCUT2D eigenvalue weighted by Crippen LogP contribution is -2.09. The first-order valence-corrected chi connectivity index (χ1v) is 6.39. The molecule has 0 spiro atoms. The highest BCUT2D eigenvalue weighted by molar-refractivity contribution is 5.82. The topological polar surface area (TPSA) is 72.9 Å². The molecule has 0 aliphatic rings. The van der Waals surface area contributed by atoms with Gasteiger partial charge in [0.15, 0.2) is 0 Å². The van der Waals surface area contributed by atoms with Crippen LogP contribution in [0.15, 0.2) is 36.7 Å². The Balaban J connectivity index is 2.20. The van der Waals surface area contributed by atoms with Crippen molar-refractivity contribution in [3.05, 3.63) is 36.7 Å². The normalized spacial score (nSPS) is 11.1. The molecule has 2 heterocycles. The second-order valence-electron chi connectivity index (χ2n) is 4.49. The highest BCUT2D eigenvalue weighted by Gasteiger charge is 2.15. The first-order valence-electron chi connectivity index (χ1n) is 6.39. The Bertz CT molecular complexity index is 772. The number of carboxylic acid groups (broad SMARTS) is 1. The largest absolute Gasteiger partial charge is 0.480 e. The summed E-state index contributed by atoms with van der Waals surface area (Å²) in [5.74, 6) is -0.259. The van der Waals surface area contributed by atoms with Crippen LogP contribution in [0.5, 0.6) is 0 Å². The van der Waals surface area contributed by atoms with Gasteiger partial charge in [0.2, 0.25) is 0 Å². The monoisotopic (exact) mass is 270 g/mol. The highest BCUT2D eigenvalue weighted by Crippen LogP contribution is 2.24. The third-order valence-corrected chi connectivity index (χ3v) is 3.16. The third-order valence-electron chi connectivity index (χ3n) is 3.16. The molecule has 6 heteroatoms. The van der Waals surface area contributed by atoms with Crippen molar-refractivity contribution in [2.24, 2.45) is 0 Å². The van der Waals surface area contributed by atoms with E-state index in [0.717, 1.165) is 23.1 Å². The molecule has 102 valence electrons. The fraction of sp³-hybridized carbons (Fsp3) is 0.214. The molecule has 0 atom stereocenters. The van der Waals surface area contributed by atoms with Crippen molar-refractivity contribution in [3.8, 4) is 11.4 Å². The van der Waals surface area contributed by atoms with Gasteiger partial charge >= 0.3 is 5.97 Å². The SMILES string of the molecule is CCn1cc(-c2nc3ccccc3n2CC(=O)O)cn1. The van der Waals surface area contributed by atoms with Gasteiger partial charge in [0.1, 0.15) is 12.4 Å². The Kier molecular flexibility index (Phi) is 2.98. The van der Waals surface area contributed by atoms with Gasteiger partial charge in [-0.1, -0.05) is 12.1 Å². The molecule has 0 radical (unpaired) electrons. The molecule has 6 nitrogen and oxygen atoms in total. The van der Waals surface area contributed by atoms with Crippen molar-refractivity contribution in [2.45, 2.75) is 20.0 Å². The van der Waals surface area contributed by atoms with E-state index in [2.05, 4.69) is 10.1 Å². The molecule has 2 aromatic heterocycles. The van der Waals surface area contributed by atoms with E-state index >= 15 is 0 Å². The van der Waals surface area contributed by atoms with E-state index in [1.165, 1.54) is 0 Å². The van der Waals surface area contributed by atoms with Crippen LogP contribution in [0.1, 0.15) is 6.92 Å². The second-order valence-corrected chi connectivity index (χ2v) is 4.49. The van der Waals surface area contributed by atoms with E-state index in [0.29, 0.717) is 5.82 Å². The van der Waals surface area contributed by atoms with E-state index < -0.39 is 5.97 Å². The van der Waals surface area contributed by atoms with Gasteiger partial charge in [-0.05, 0) is 19.1 Å². The van der Waals surface area contributed by atoms with Crippen molar-refractivity contribution in [1.29, 1.82) is 0 Å². The minimum absolute atomic E-state index is 0.118. The molecule has 0 saturated carbocycles. The summed E-state index contributed by atoms with van der Waals surface area (Å²) in [6.45, 7) is 2.64. The van der Waals surface area contributed by atoms with Crippen molar-refractivity contribution < 1.29 is 9.90 Å². The fourth-order valence-corrected chi connectivity index (χ4v) is 2.24. The third kappa shape index (κ3) is 2.05. The standard InChI is InChI=1S/C14H14N4O2/c1-2-17-8-10(7-15-17)14-16-11-5-3-4-6-12(11)18(14)9-13(19)20/h3-8H,2,9H2,1H3,(H,19,20). The van der Waals surface area contributed by atoms with Crippen LogP contribution >= 0.6 is 0 Å². The lowest BCUT2D eigenvalue weighted by molar-refractivity contribution is -0.137. The van der Waals surface area contributed by atoms with Gasteiger partial charge in [-0.3, -0.25) is 9.48 Å². The average Bonchev–Trinajstić information content (AvgIpc) is 3.03. The number of aromatic nitrogens is 4. The highest BCUT2D eigenvalue weighted by atomic mass is 16.4. The number of hydrogen-bond acceptors (Lipinski definition) is 3. The zero-order valence-corrected chi connectivity index (χ0v) is 11.0. The van der Waals surface area contributed by atoms with Crippen LogP contribution in [-0.2, 0) is 17.9 Å².